The summed E-state index contributed by atoms with van der Waals surface area (Å²) in [6, 6.07) is 16.2. The second-order valence-electron chi connectivity index (χ2n) is 4.48. The van der Waals surface area contributed by atoms with Gasteiger partial charge in [-0.2, -0.15) is 0 Å². The van der Waals surface area contributed by atoms with Crippen LogP contribution in [0.2, 0.25) is 0 Å². The van der Waals surface area contributed by atoms with Gasteiger partial charge in [0.1, 0.15) is 6.29 Å². The lowest BCUT2D eigenvalue weighted by Gasteiger charge is -2.05. The molecule has 0 aliphatic rings. The van der Waals surface area contributed by atoms with Gasteiger partial charge in [-0.25, -0.2) is 0 Å². The molecule has 1 heterocycles. The van der Waals surface area contributed by atoms with Crippen molar-refractivity contribution in [2.24, 2.45) is 0 Å². The number of aromatic nitrogens is 1. The lowest BCUT2D eigenvalue weighted by atomic mass is 10.2. The topological polar surface area (TPSA) is 22.0 Å². The van der Waals surface area contributed by atoms with Crippen LogP contribution in [0, 0.1) is 3.57 Å². The molecule has 19 heavy (non-hydrogen) atoms. The summed E-state index contributed by atoms with van der Waals surface area (Å²) >= 11 is 2.32. The summed E-state index contributed by atoms with van der Waals surface area (Å²) in [6.07, 6.45) is 3.02. The quantitative estimate of drug-likeness (QED) is 0.509. The Morgan fingerprint density at radius 3 is 2.63 bits per heavy atom. The van der Waals surface area contributed by atoms with E-state index in [-0.39, 0.29) is 0 Å². The molecule has 0 amide bonds. The van der Waals surface area contributed by atoms with Crippen molar-refractivity contribution < 1.29 is 4.79 Å². The van der Waals surface area contributed by atoms with Crippen LogP contribution in [-0.2, 0) is 6.54 Å². The average molecular weight is 361 g/mol. The molecule has 0 bridgehead atoms. The first-order chi connectivity index (χ1) is 9.28. The molecule has 3 heteroatoms. The van der Waals surface area contributed by atoms with E-state index in [1.165, 1.54) is 14.7 Å². The Balaban J connectivity index is 2.07. The van der Waals surface area contributed by atoms with E-state index in [2.05, 4.69) is 57.6 Å². The van der Waals surface area contributed by atoms with E-state index in [9.17, 15) is 4.79 Å². The zero-order valence-electron chi connectivity index (χ0n) is 10.2. The highest BCUT2D eigenvalue weighted by atomic mass is 127. The number of carbonyl (C=O) groups is 1. The molecule has 0 aliphatic carbocycles. The molecule has 0 radical (unpaired) electrons. The fourth-order valence-electron chi connectivity index (χ4n) is 2.26. The second kappa shape index (κ2) is 5.17. The summed E-state index contributed by atoms with van der Waals surface area (Å²) in [5.41, 5.74) is 3.16. The molecule has 94 valence electrons. The Hall–Kier alpha value is -1.62. The number of hydrogen-bond acceptors (Lipinski definition) is 1. The van der Waals surface area contributed by atoms with E-state index in [1.54, 1.807) is 0 Å². The summed E-state index contributed by atoms with van der Waals surface area (Å²) < 4.78 is 3.40. The molecule has 0 aliphatic heterocycles. The minimum Gasteiger partial charge on any atom is -0.342 e. The maximum absolute atomic E-state index is 10.9. The minimum atomic E-state index is 0.725. The number of benzene rings is 2. The third kappa shape index (κ3) is 2.42. The number of rotatable bonds is 3. The Bertz CT molecular complexity index is 731. The Morgan fingerprint density at radius 1 is 1.11 bits per heavy atom. The van der Waals surface area contributed by atoms with E-state index in [0.717, 1.165) is 23.8 Å². The van der Waals surface area contributed by atoms with Crippen LogP contribution in [0.1, 0.15) is 15.9 Å². The van der Waals surface area contributed by atoms with Crippen LogP contribution in [0.4, 0.5) is 0 Å². The van der Waals surface area contributed by atoms with Crippen molar-refractivity contribution in [2.75, 3.05) is 0 Å². The molecule has 2 aromatic carbocycles. The zero-order chi connectivity index (χ0) is 13.2. The minimum absolute atomic E-state index is 0.725. The molecule has 0 N–H and O–H groups in total. The van der Waals surface area contributed by atoms with Gasteiger partial charge in [0, 0.05) is 32.8 Å². The van der Waals surface area contributed by atoms with Gasteiger partial charge < -0.3 is 4.57 Å². The summed E-state index contributed by atoms with van der Waals surface area (Å²) in [6.45, 7) is 0.848. The van der Waals surface area contributed by atoms with Gasteiger partial charge in [0.05, 0.1) is 0 Å². The summed E-state index contributed by atoms with van der Waals surface area (Å²) in [4.78, 5) is 10.9. The Morgan fingerprint density at radius 2 is 1.89 bits per heavy atom. The van der Waals surface area contributed by atoms with E-state index in [4.69, 9.17) is 0 Å². The second-order valence-corrected chi connectivity index (χ2v) is 5.65. The van der Waals surface area contributed by atoms with Gasteiger partial charge in [-0.15, -0.1) is 0 Å². The first-order valence-corrected chi connectivity index (χ1v) is 7.13. The lowest BCUT2D eigenvalue weighted by Crippen LogP contribution is -1.97. The Labute approximate surface area is 125 Å². The van der Waals surface area contributed by atoms with Gasteiger partial charge in [0.2, 0.25) is 0 Å². The fourth-order valence-corrected chi connectivity index (χ4v) is 3.02. The molecule has 1 aromatic heterocycles. The highest BCUT2D eigenvalue weighted by Gasteiger charge is 2.07. The molecule has 0 saturated heterocycles. The maximum atomic E-state index is 10.9. The largest absolute Gasteiger partial charge is 0.342 e. The van der Waals surface area contributed by atoms with Gasteiger partial charge in [0.15, 0.2) is 0 Å². The highest BCUT2D eigenvalue weighted by molar-refractivity contribution is 14.1. The van der Waals surface area contributed by atoms with Crippen LogP contribution in [0.3, 0.4) is 0 Å². The van der Waals surface area contributed by atoms with E-state index >= 15 is 0 Å². The van der Waals surface area contributed by atoms with E-state index in [0.29, 0.717) is 0 Å². The first kappa shape index (κ1) is 12.4. The molecule has 0 atom stereocenters. The molecule has 3 aromatic rings. The number of halogens is 1. The predicted molar refractivity (Wildman–Crippen MR) is 85.6 cm³/mol. The zero-order valence-corrected chi connectivity index (χ0v) is 12.4. The van der Waals surface area contributed by atoms with Crippen molar-refractivity contribution in [1.82, 2.24) is 4.57 Å². The highest BCUT2D eigenvalue weighted by Crippen LogP contribution is 2.24. The molecule has 0 saturated carbocycles. The van der Waals surface area contributed by atoms with Crippen LogP contribution in [0.5, 0.6) is 0 Å². The van der Waals surface area contributed by atoms with Crippen molar-refractivity contribution in [3.63, 3.8) is 0 Å². The van der Waals surface area contributed by atoms with Crippen molar-refractivity contribution >= 4 is 39.8 Å². The van der Waals surface area contributed by atoms with Crippen LogP contribution >= 0.6 is 22.6 Å². The van der Waals surface area contributed by atoms with Gasteiger partial charge in [0.25, 0.3) is 0 Å². The maximum Gasteiger partial charge on any atom is 0.150 e. The number of nitrogens with zero attached hydrogens (tertiary/aromatic N) is 1. The van der Waals surface area contributed by atoms with Crippen molar-refractivity contribution in [1.29, 1.82) is 0 Å². The van der Waals surface area contributed by atoms with Gasteiger partial charge in [-0.1, -0.05) is 30.3 Å². The average Bonchev–Trinajstić information content (AvgIpc) is 2.76. The fraction of sp³-hybridized carbons (Fsp3) is 0.0625. The molecular weight excluding hydrogens is 349 g/mol. The molecule has 0 unspecified atom stereocenters. The Kier molecular flexibility index (Phi) is 3.38. The molecule has 3 rings (SSSR count). The van der Waals surface area contributed by atoms with Gasteiger partial charge in [-0.3, -0.25) is 4.79 Å². The molecule has 2 nitrogen and oxygen atoms in total. The van der Waals surface area contributed by atoms with Gasteiger partial charge in [-0.05, 0) is 46.4 Å². The van der Waals surface area contributed by atoms with E-state index in [1.807, 2.05) is 24.3 Å². The third-order valence-corrected chi connectivity index (χ3v) is 4.05. The SMILES string of the molecule is O=Cc1ccc2c(c1)c(I)cn2Cc1ccccc1. The number of hydrogen-bond donors (Lipinski definition) is 0. The smallest absolute Gasteiger partial charge is 0.150 e. The normalized spacial score (nSPS) is 10.8. The first-order valence-electron chi connectivity index (χ1n) is 6.05. The molecule has 0 fully saturated rings. The third-order valence-electron chi connectivity index (χ3n) is 3.19. The van der Waals surface area contributed by atoms with Gasteiger partial charge >= 0.3 is 0 Å². The molecular formula is C16H12INO. The van der Waals surface area contributed by atoms with Crippen LogP contribution in [-0.4, -0.2) is 10.9 Å². The standard InChI is InChI=1S/C16H12INO/c17-15-10-18(9-12-4-2-1-3-5-12)16-7-6-13(11-19)8-14(15)16/h1-8,10-11H,9H2. The monoisotopic (exact) mass is 361 g/mol. The number of aldehydes is 1. The van der Waals surface area contributed by atoms with Crippen LogP contribution in [0.25, 0.3) is 10.9 Å². The molecule has 0 spiro atoms. The van der Waals surface area contributed by atoms with Crippen LogP contribution < -0.4 is 0 Å². The summed E-state index contributed by atoms with van der Waals surface area (Å²) in [7, 11) is 0. The summed E-state index contributed by atoms with van der Waals surface area (Å²) in [5.74, 6) is 0. The van der Waals surface area contributed by atoms with E-state index < -0.39 is 0 Å². The summed E-state index contributed by atoms with van der Waals surface area (Å²) in [5, 5.41) is 1.14. The number of carbonyl (C=O) groups excluding carboxylic acids is 1. The number of fused-ring (bicyclic) bond motifs is 1. The van der Waals surface area contributed by atoms with Crippen molar-refractivity contribution in [2.45, 2.75) is 6.54 Å². The predicted octanol–water partition coefficient (Wildman–Crippen LogP) is 4.11. The van der Waals surface area contributed by atoms with Crippen molar-refractivity contribution in [3.8, 4) is 0 Å². The van der Waals surface area contributed by atoms with Crippen LogP contribution in [0.15, 0.2) is 54.7 Å². The van der Waals surface area contributed by atoms with Crippen molar-refractivity contribution in [3.05, 3.63) is 69.4 Å². The lowest BCUT2D eigenvalue weighted by molar-refractivity contribution is 0.112.